The van der Waals surface area contributed by atoms with E-state index in [0.717, 1.165) is 24.3 Å². The number of nitrogens with zero attached hydrogens (tertiary/aromatic N) is 20. The van der Waals surface area contributed by atoms with E-state index >= 15 is 0 Å². The first-order valence-corrected chi connectivity index (χ1v) is 46.3. The summed E-state index contributed by atoms with van der Waals surface area (Å²) in [4.78, 5) is 33.2. The highest BCUT2D eigenvalue weighted by Gasteiger charge is 2.51. The molecule has 8 aromatic heterocycles. The molecule has 20 rings (SSSR count). The number of ether oxygens (including phenoxy) is 4. The maximum atomic E-state index is 14.5. The Morgan fingerprint density at radius 3 is 0.840 bits per heavy atom. The van der Waals surface area contributed by atoms with Crippen molar-refractivity contribution in [2.24, 2.45) is 0 Å². The molecule has 0 radical (unpaired) electrons. The van der Waals surface area contributed by atoms with Crippen LogP contribution in [0.3, 0.4) is 0 Å². The smallest absolute Gasteiger partial charge is 0.191 e. The molecule has 48 heteroatoms. The average molecular weight is 2130 g/mol. The summed E-state index contributed by atoms with van der Waals surface area (Å²) < 4.78 is 514. The molecule has 40 nitrogen and oxygen atoms in total. The molecule has 0 amide bonds. The van der Waals surface area contributed by atoms with Gasteiger partial charge in [0.2, 0.25) is 0 Å². The molecule has 4 aromatic carbocycles. The van der Waals surface area contributed by atoms with Gasteiger partial charge >= 0.3 is 0 Å². The molecule has 8 aliphatic rings. The lowest BCUT2D eigenvalue weighted by Gasteiger charge is -2.17. The number of hydrogen-bond acceptors (Lipinski definition) is 40. The van der Waals surface area contributed by atoms with Crippen molar-refractivity contribution < 1.29 is 169 Å². The molecule has 0 bridgehead atoms. The van der Waals surface area contributed by atoms with Crippen LogP contribution >= 0.6 is 47.0 Å². The third-order valence-electron chi connectivity index (χ3n) is 20.9. The highest BCUT2D eigenvalue weighted by atomic mass is 32.2. The topological polar surface area (TPSA) is 554 Å². The van der Waals surface area contributed by atoms with Crippen molar-refractivity contribution in [3.63, 3.8) is 0 Å². The van der Waals surface area contributed by atoms with Gasteiger partial charge in [-0.1, -0.05) is 144 Å². The standard InChI is InChI=1S/4C24H31FN6O4S/c4*1-3-8-36-24-27-22(26-16-10-14(16)13-5-4-12(2)15(25)9-13)19-23(28-24)31(30-29-19)17-11-18(35-7-6-32)21(34)20(17)33/h4*4-5,9,14,16-18,20-21,32-34H,3,6-8,10-11H2,1-2H3,(H,26,27,28)/t4*14-,16+,17+,18-,20-,21+/m0000/s1/i6D2,7D2,8D2,10D2,11D2,14D,17D,18D,20D,21D;7D2,8D2,10D2,11D2,14D,17D,18D,20D,21D;6D2,8D2,10D2,11D2,14D,17D,18D,20D,21D;8D2,10D2,11D2,14D,17D,18D,20D,21D. The lowest BCUT2D eigenvalue weighted by molar-refractivity contribution is -0.0629. The number of benzene rings is 4. The first-order valence-electron chi connectivity index (χ1n) is 69.0. The van der Waals surface area contributed by atoms with Gasteiger partial charge in [0.1, 0.15) is 71.9 Å². The Morgan fingerprint density at radius 1 is 0.347 bits per heavy atom. The van der Waals surface area contributed by atoms with Gasteiger partial charge in [-0.15, -0.1) is 20.4 Å². The van der Waals surface area contributed by atoms with Crippen LogP contribution in [-0.2, 0) is 18.9 Å². The first kappa shape index (κ1) is 58.4. The quantitative estimate of drug-likeness (QED) is 0.00969. The highest BCUT2D eigenvalue weighted by Crippen LogP contribution is 2.50. The molecular formula is C96H124F4N24O16S4. The van der Waals surface area contributed by atoms with Gasteiger partial charge in [-0.25, -0.2) is 76.2 Å². The predicted octanol–water partition coefficient (Wildman–Crippen LogP) is 8.73. The van der Waals surface area contributed by atoms with E-state index in [-0.39, 0.29) is 88.9 Å². The Morgan fingerprint density at radius 2 is 0.604 bits per heavy atom. The van der Waals surface area contributed by atoms with E-state index in [1.165, 1.54) is 104 Å². The van der Waals surface area contributed by atoms with Gasteiger partial charge < -0.3 is 101 Å². The summed E-state index contributed by atoms with van der Waals surface area (Å²) >= 11 is 1.65. The second kappa shape index (κ2) is 47.3. The van der Waals surface area contributed by atoms with Crippen LogP contribution in [0.1, 0.15) is 268 Å². The Hall–Kier alpha value is -9.52. The number of nitrogens with one attached hydrogen (secondary N) is 4. The normalized spacial score (nSPS) is 46.7. The molecule has 0 spiro atoms. The fourth-order valence-corrected chi connectivity index (χ4v) is 15.7. The molecule has 24 atom stereocenters. The molecule has 12 aromatic rings. The third-order valence-corrected chi connectivity index (χ3v) is 24.1. The maximum absolute atomic E-state index is 14.5. The number of aliphatic hydroxyl groups is 12. The maximum Gasteiger partial charge on any atom is 0.191 e. The van der Waals surface area contributed by atoms with Crippen LogP contribution < -0.4 is 21.3 Å². The minimum Gasteiger partial charge on any atom is -0.394 e. The van der Waals surface area contributed by atoms with E-state index in [0.29, 0.717) is 47.0 Å². The average Bonchev–Trinajstić information content (AvgIpc) is 1.48. The Balaban J connectivity index is 0.000000170. The van der Waals surface area contributed by atoms with Gasteiger partial charge in [0, 0.05) is 134 Å². The second-order valence-corrected chi connectivity index (χ2v) is 34.1. The van der Waals surface area contributed by atoms with Crippen LogP contribution in [0.2, 0.25) is 0 Å². The van der Waals surface area contributed by atoms with E-state index in [9.17, 15) is 78.8 Å². The summed E-state index contributed by atoms with van der Waals surface area (Å²) in [6.07, 6.45) is -74.5. The summed E-state index contributed by atoms with van der Waals surface area (Å²) in [7, 11) is 0. The van der Waals surface area contributed by atoms with Crippen LogP contribution in [-0.4, -0.2) is 334 Å². The molecule has 8 fully saturated rings. The molecule has 8 saturated carbocycles. The molecular weight excluding hydrogens is 1950 g/mol. The van der Waals surface area contributed by atoms with Crippen molar-refractivity contribution in [1.29, 1.82) is 0 Å². The third kappa shape index (κ3) is 23.8. The lowest BCUT2D eigenvalue weighted by atomic mass is 10.1. The van der Waals surface area contributed by atoms with Crippen LogP contribution in [0, 0.1) is 51.0 Å². The zero-order valence-corrected chi connectivity index (χ0v) is 79.2. The van der Waals surface area contributed by atoms with Crippen LogP contribution in [0.15, 0.2) is 93.4 Å². The Kier molecular flexibility index (Phi) is 19.2. The van der Waals surface area contributed by atoms with Crippen molar-refractivity contribution in [2.75, 3.05) is 96.8 Å². The van der Waals surface area contributed by atoms with E-state index in [1.54, 1.807) is 0 Å². The van der Waals surface area contributed by atoms with Gasteiger partial charge in [0.15, 0.2) is 88.6 Å². The molecule has 8 aliphatic carbocycles. The molecule has 776 valence electrons. The number of hydrogen-bond donors (Lipinski definition) is 16. The van der Waals surface area contributed by atoms with Gasteiger partial charge in [0.25, 0.3) is 0 Å². The van der Waals surface area contributed by atoms with Gasteiger partial charge in [-0.2, -0.15) is 0 Å². The zero-order valence-electron chi connectivity index (χ0n) is 128. The van der Waals surface area contributed by atoms with Crippen molar-refractivity contribution in [3.8, 4) is 0 Å². The monoisotopic (exact) mass is 2130 g/mol. The number of aromatic nitrogens is 20. The molecule has 0 aliphatic heterocycles. The number of thioether (sulfide) groups is 4. The minimum absolute atomic E-state index is 0.0121. The fraction of sp³-hybridized carbons (Fsp3) is 0.583. The zero-order chi connectivity index (χ0) is 149. The van der Waals surface area contributed by atoms with Crippen LogP contribution in [0.5, 0.6) is 0 Å². The summed E-state index contributed by atoms with van der Waals surface area (Å²) in [5.41, 5.74) is -12.5. The number of rotatable bonds is 40. The van der Waals surface area contributed by atoms with E-state index in [1.807, 2.05) is 0 Å². The fourth-order valence-electron chi connectivity index (χ4n) is 13.6. The number of anilines is 4. The Bertz CT molecular complexity index is 9340. The minimum atomic E-state index is -4.38. The lowest BCUT2D eigenvalue weighted by Crippen LogP contribution is -2.33. The molecule has 144 heavy (non-hydrogen) atoms. The first-order chi connectivity index (χ1) is 88.4. The SMILES string of the molecule is [2H]C([2H])(CC)Sc1nc(N[C@@H]2C([2H])([2H])[C@@]2([2H])c2ccc(C)c(F)c2)c2nnn([C@]3([2H])C([2H])([2H])[C@]([2H])(OC([2H])([2H])C([2H])([2H])O)[C@@]([2H])(O)[C@@]3([2H])O)c2n1.[2H]C([2H])(CC)Sc1nc(N[C@@H]2C([2H])([2H])[C@@]2([2H])c2ccc(C)c(F)c2)c2nnn([C@]3([2H])C([2H])([2H])[C@]([2H])(OCCO)[C@@]([2H])(O)[C@@]3([2H])O)c2n1.[2H]C([2H])(CO)O[C@@]1([2H])C([2H])([2H])[C@@]([2H])(n2nnc3c(N[C@@H]4C([2H])([2H])[C@@]4([2H])c4ccc(C)c(F)c4)nc(SC([2H])([2H])CC)nc32)[C@]([2H])(O)[C@]1([2H])O.[2H]C([2H])(O)CO[C@@]1([2H])C([2H])([2H])[C@@]([2H])(n2nnc3c(N[C@@H]4C([2H])([2H])[C@@]4([2H])c4ccc(C)c(F)c4)nc(SC([2H])([2H])CC)nc32)[C@]([2H])(O)[C@]1([2H])O. The highest BCUT2D eigenvalue weighted by molar-refractivity contribution is 7.99. The van der Waals surface area contributed by atoms with Crippen LogP contribution in [0.4, 0.5) is 40.8 Å². The van der Waals surface area contributed by atoms with E-state index < -0.39 is 383 Å². The largest absolute Gasteiger partial charge is 0.394 e. The van der Waals surface area contributed by atoms with Gasteiger partial charge in [-0.3, -0.25) is 0 Å². The number of aliphatic hydroxyl groups excluding tert-OH is 2. The number of fused-ring (bicyclic) bond motifs is 4. The molecule has 16 N–H and O–H groups in total. The predicted molar refractivity (Wildman–Crippen MR) is 530 cm³/mol. The van der Waals surface area contributed by atoms with Gasteiger partial charge in [0.05, 0.1) is 134 Å². The van der Waals surface area contributed by atoms with E-state index in [2.05, 4.69) is 112 Å². The summed E-state index contributed by atoms with van der Waals surface area (Å²) in [6.45, 7) is -7.56. The van der Waals surface area contributed by atoms with E-state index in [4.69, 9.17) is 80.8 Å². The summed E-state index contributed by atoms with van der Waals surface area (Å²) in [6, 6.07) is -6.22. The second-order valence-electron chi connectivity index (χ2n) is 30.6. The summed E-state index contributed by atoms with van der Waals surface area (Å²) in [5.74, 6) is -13.0. The molecule has 0 unspecified atom stereocenters. The van der Waals surface area contributed by atoms with Crippen molar-refractivity contribution in [2.45, 2.75) is 297 Å². The number of aryl methyl sites for hydroxylation is 4. The van der Waals surface area contributed by atoms with Crippen molar-refractivity contribution in [3.05, 3.63) is 141 Å². The van der Waals surface area contributed by atoms with Gasteiger partial charge in [-0.05, 0) is 148 Å². The number of halogens is 4. The molecule has 8 heterocycles. The Labute approximate surface area is 916 Å². The van der Waals surface area contributed by atoms with Crippen molar-refractivity contribution in [1.82, 2.24) is 99.8 Å². The molecule has 0 saturated heterocycles. The van der Waals surface area contributed by atoms with Crippen LogP contribution in [0.25, 0.3) is 44.7 Å². The summed E-state index contributed by atoms with van der Waals surface area (Å²) in [5, 5.41) is 165. The van der Waals surface area contributed by atoms with Crippen molar-refractivity contribution >= 4 is 115 Å².